The Bertz CT molecular complexity index is 794. The maximum atomic E-state index is 4.38. The second-order valence-corrected chi connectivity index (χ2v) is 8.91. The maximum absolute atomic E-state index is 4.38. The van der Waals surface area contributed by atoms with Crippen LogP contribution in [0.5, 0.6) is 0 Å². The molecule has 0 spiro atoms. The SMILES string of the molecule is CN=C(NCCCCSC)NCc1ccccc1CN1CCN(c2ccccc2)CC1.I. The van der Waals surface area contributed by atoms with E-state index in [1.165, 1.54) is 35.4 Å². The zero-order valence-electron chi connectivity index (χ0n) is 19.4. The summed E-state index contributed by atoms with van der Waals surface area (Å²) in [7, 11) is 1.84. The van der Waals surface area contributed by atoms with Gasteiger partial charge in [-0.1, -0.05) is 42.5 Å². The summed E-state index contributed by atoms with van der Waals surface area (Å²) in [5, 5.41) is 6.92. The number of unbranched alkanes of at least 4 members (excludes halogenated alkanes) is 1. The number of piperazine rings is 1. The standard InChI is InChI=1S/C25H37N5S.HI/c1-26-25(27-14-8-9-19-31-2)28-20-22-10-6-7-11-23(22)21-29-15-17-30(18-16-29)24-12-4-3-5-13-24;/h3-7,10-13H,8-9,14-21H2,1-2H3,(H2,26,27,28);1H. The molecule has 1 aliphatic rings. The number of hydrogen-bond donors (Lipinski definition) is 2. The van der Waals surface area contributed by atoms with E-state index in [-0.39, 0.29) is 24.0 Å². The Labute approximate surface area is 215 Å². The molecule has 1 heterocycles. The van der Waals surface area contributed by atoms with Crippen molar-refractivity contribution < 1.29 is 0 Å². The number of halogens is 1. The lowest BCUT2D eigenvalue weighted by Gasteiger charge is -2.36. The molecule has 5 nitrogen and oxygen atoms in total. The second-order valence-electron chi connectivity index (χ2n) is 7.92. The third kappa shape index (κ3) is 8.83. The smallest absolute Gasteiger partial charge is 0.191 e. The number of nitrogens with zero attached hydrogens (tertiary/aromatic N) is 3. The van der Waals surface area contributed by atoms with Gasteiger partial charge >= 0.3 is 0 Å². The van der Waals surface area contributed by atoms with E-state index in [2.05, 4.69) is 86.3 Å². The fraction of sp³-hybridized carbons (Fsp3) is 0.480. The number of anilines is 1. The van der Waals surface area contributed by atoms with Crippen molar-refractivity contribution in [3.8, 4) is 0 Å². The average molecular weight is 568 g/mol. The maximum Gasteiger partial charge on any atom is 0.191 e. The van der Waals surface area contributed by atoms with E-state index < -0.39 is 0 Å². The van der Waals surface area contributed by atoms with Gasteiger partial charge in [-0.2, -0.15) is 11.8 Å². The predicted molar refractivity (Wildman–Crippen MR) is 152 cm³/mol. The Hall–Kier alpha value is -1.45. The molecule has 2 aromatic rings. The molecule has 1 saturated heterocycles. The van der Waals surface area contributed by atoms with Crippen LogP contribution in [-0.4, -0.2) is 62.6 Å². The zero-order valence-corrected chi connectivity index (χ0v) is 22.6. The number of aliphatic imine (C=N–C) groups is 1. The minimum Gasteiger partial charge on any atom is -0.369 e. The number of thioether (sulfide) groups is 1. The van der Waals surface area contributed by atoms with Crippen LogP contribution in [0, 0.1) is 0 Å². The van der Waals surface area contributed by atoms with Crippen molar-refractivity contribution in [1.82, 2.24) is 15.5 Å². The number of rotatable bonds is 10. The molecule has 7 heteroatoms. The summed E-state index contributed by atoms with van der Waals surface area (Å²) in [5.74, 6) is 2.11. The van der Waals surface area contributed by atoms with Crippen LogP contribution in [0.4, 0.5) is 5.69 Å². The summed E-state index contributed by atoms with van der Waals surface area (Å²) < 4.78 is 0. The molecule has 2 aromatic carbocycles. The molecule has 0 radical (unpaired) electrons. The summed E-state index contributed by atoms with van der Waals surface area (Å²) in [6.45, 7) is 7.11. The highest BCUT2D eigenvalue weighted by Gasteiger charge is 2.18. The lowest BCUT2D eigenvalue weighted by atomic mass is 10.1. The molecule has 0 bridgehead atoms. The normalized spacial score (nSPS) is 14.7. The van der Waals surface area contributed by atoms with Crippen molar-refractivity contribution in [3.63, 3.8) is 0 Å². The molecule has 0 saturated carbocycles. The molecule has 0 amide bonds. The quantitative estimate of drug-likeness (QED) is 0.193. The van der Waals surface area contributed by atoms with Crippen LogP contribution in [0.15, 0.2) is 59.6 Å². The van der Waals surface area contributed by atoms with Crippen LogP contribution in [0.3, 0.4) is 0 Å². The van der Waals surface area contributed by atoms with Crippen LogP contribution in [0.2, 0.25) is 0 Å². The monoisotopic (exact) mass is 567 g/mol. The summed E-state index contributed by atoms with van der Waals surface area (Å²) in [5.41, 5.74) is 4.08. The predicted octanol–water partition coefficient (Wildman–Crippen LogP) is 4.44. The van der Waals surface area contributed by atoms with Gasteiger partial charge in [0.05, 0.1) is 0 Å². The summed E-state index contributed by atoms with van der Waals surface area (Å²) in [6, 6.07) is 19.5. The van der Waals surface area contributed by atoms with Gasteiger partial charge in [0.25, 0.3) is 0 Å². The Balaban J connectivity index is 0.00000363. The van der Waals surface area contributed by atoms with Crippen molar-refractivity contribution in [3.05, 3.63) is 65.7 Å². The van der Waals surface area contributed by atoms with Gasteiger partial charge in [-0.25, -0.2) is 0 Å². The first-order chi connectivity index (χ1) is 15.3. The molecule has 0 aliphatic carbocycles. The highest BCUT2D eigenvalue weighted by molar-refractivity contribution is 14.0. The van der Waals surface area contributed by atoms with Gasteiger partial charge in [0.2, 0.25) is 0 Å². The number of benzene rings is 2. The molecule has 1 fully saturated rings. The third-order valence-electron chi connectivity index (χ3n) is 5.74. The first kappa shape index (κ1) is 26.8. The molecule has 3 rings (SSSR count). The van der Waals surface area contributed by atoms with Crippen molar-refractivity contribution >= 4 is 47.4 Å². The van der Waals surface area contributed by atoms with Crippen molar-refractivity contribution in [2.75, 3.05) is 56.7 Å². The molecule has 2 N–H and O–H groups in total. The van der Waals surface area contributed by atoms with Crippen molar-refractivity contribution in [1.29, 1.82) is 0 Å². The van der Waals surface area contributed by atoms with E-state index in [1.807, 2.05) is 18.8 Å². The minimum atomic E-state index is 0. The number of guanidine groups is 1. The summed E-state index contributed by atoms with van der Waals surface area (Å²) >= 11 is 1.91. The van der Waals surface area contributed by atoms with Crippen LogP contribution in [0.1, 0.15) is 24.0 Å². The fourth-order valence-corrected chi connectivity index (χ4v) is 4.40. The van der Waals surface area contributed by atoms with Gasteiger partial charge in [-0.3, -0.25) is 9.89 Å². The topological polar surface area (TPSA) is 42.9 Å². The largest absolute Gasteiger partial charge is 0.369 e. The van der Waals surface area contributed by atoms with Crippen molar-refractivity contribution in [2.24, 2.45) is 4.99 Å². The minimum absolute atomic E-state index is 0. The Morgan fingerprint density at radius 3 is 2.28 bits per heavy atom. The van der Waals surface area contributed by atoms with Gasteiger partial charge < -0.3 is 15.5 Å². The third-order valence-corrected chi connectivity index (χ3v) is 6.44. The number of nitrogens with one attached hydrogen (secondary N) is 2. The highest BCUT2D eigenvalue weighted by atomic mass is 127. The molecule has 32 heavy (non-hydrogen) atoms. The first-order valence-electron chi connectivity index (χ1n) is 11.3. The van der Waals surface area contributed by atoms with E-state index in [0.29, 0.717) is 0 Å². The molecule has 0 unspecified atom stereocenters. The number of para-hydroxylation sites is 1. The fourth-order valence-electron chi connectivity index (χ4n) is 3.91. The van der Waals surface area contributed by atoms with Gasteiger partial charge in [-0.05, 0) is 48.1 Å². The Kier molecular flexibility index (Phi) is 12.9. The van der Waals surface area contributed by atoms with Crippen LogP contribution in [-0.2, 0) is 13.1 Å². The van der Waals surface area contributed by atoms with E-state index in [1.54, 1.807) is 0 Å². The van der Waals surface area contributed by atoms with E-state index >= 15 is 0 Å². The average Bonchev–Trinajstić information content (AvgIpc) is 2.83. The highest BCUT2D eigenvalue weighted by Crippen LogP contribution is 2.18. The van der Waals surface area contributed by atoms with Gasteiger partial charge in [-0.15, -0.1) is 24.0 Å². The van der Waals surface area contributed by atoms with E-state index in [9.17, 15) is 0 Å². The Morgan fingerprint density at radius 1 is 0.906 bits per heavy atom. The van der Waals surface area contributed by atoms with Crippen LogP contribution >= 0.6 is 35.7 Å². The van der Waals surface area contributed by atoms with Crippen molar-refractivity contribution in [2.45, 2.75) is 25.9 Å². The van der Waals surface area contributed by atoms with Gasteiger partial charge in [0.15, 0.2) is 5.96 Å². The molecular formula is C25H38IN5S. The lowest BCUT2D eigenvalue weighted by Crippen LogP contribution is -2.46. The molecule has 176 valence electrons. The van der Waals surface area contributed by atoms with E-state index in [4.69, 9.17) is 0 Å². The molecular weight excluding hydrogens is 529 g/mol. The lowest BCUT2D eigenvalue weighted by molar-refractivity contribution is 0.249. The number of hydrogen-bond acceptors (Lipinski definition) is 4. The van der Waals surface area contributed by atoms with Gasteiger partial charge in [0.1, 0.15) is 0 Å². The van der Waals surface area contributed by atoms with Crippen LogP contribution in [0.25, 0.3) is 0 Å². The zero-order chi connectivity index (χ0) is 21.7. The van der Waals surface area contributed by atoms with E-state index in [0.717, 1.165) is 51.8 Å². The molecule has 0 atom stereocenters. The van der Waals surface area contributed by atoms with Crippen LogP contribution < -0.4 is 15.5 Å². The molecule has 1 aliphatic heterocycles. The second kappa shape index (κ2) is 15.4. The summed E-state index contributed by atoms with van der Waals surface area (Å²) in [6.07, 6.45) is 4.58. The van der Waals surface area contributed by atoms with Gasteiger partial charge in [0, 0.05) is 58.5 Å². The Morgan fingerprint density at radius 2 is 1.59 bits per heavy atom. The summed E-state index contributed by atoms with van der Waals surface area (Å²) in [4.78, 5) is 9.43. The molecule has 0 aromatic heterocycles. The first-order valence-corrected chi connectivity index (χ1v) is 12.7.